The molecule has 0 aromatic heterocycles. The maximum absolute atomic E-state index is 13.7. The van der Waals surface area contributed by atoms with Crippen molar-refractivity contribution in [2.24, 2.45) is 0 Å². The van der Waals surface area contributed by atoms with Crippen LogP contribution in [0, 0.1) is 17.1 Å². The zero-order valence-electron chi connectivity index (χ0n) is 12.4. The van der Waals surface area contributed by atoms with Gasteiger partial charge in [-0.2, -0.15) is 5.26 Å². The Labute approximate surface area is 129 Å². The lowest BCUT2D eigenvalue weighted by Crippen LogP contribution is -2.47. The molecule has 0 atom stereocenters. The fourth-order valence-corrected chi connectivity index (χ4v) is 2.63. The van der Waals surface area contributed by atoms with Gasteiger partial charge in [0, 0.05) is 18.7 Å². The fraction of sp³-hybridized carbons (Fsp3) is 0.500. The zero-order valence-corrected chi connectivity index (χ0v) is 12.4. The maximum Gasteiger partial charge on any atom is 0.315 e. The molecule has 1 aliphatic carbocycles. The van der Waals surface area contributed by atoms with Crippen molar-refractivity contribution in [2.45, 2.75) is 44.2 Å². The molecule has 5 nitrogen and oxygen atoms in total. The summed E-state index contributed by atoms with van der Waals surface area (Å²) in [5, 5.41) is 24.1. The molecule has 0 unspecified atom stereocenters. The van der Waals surface area contributed by atoms with Crippen LogP contribution in [0.2, 0.25) is 0 Å². The Morgan fingerprint density at radius 2 is 2.05 bits per heavy atom. The number of nitrogens with zero attached hydrogens (tertiary/aromatic N) is 1. The smallest absolute Gasteiger partial charge is 0.315 e. The minimum absolute atomic E-state index is 0.0296. The summed E-state index contributed by atoms with van der Waals surface area (Å²) in [7, 11) is 0. The van der Waals surface area contributed by atoms with E-state index in [1.807, 2.05) is 6.07 Å². The van der Waals surface area contributed by atoms with E-state index in [4.69, 9.17) is 5.26 Å². The van der Waals surface area contributed by atoms with Gasteiger partial charge < -0.3 is 15.7 Å². The lowest BCUT2D eigenvalue weighted by atomic mass is 9.85. The van der Waals surface area contributed by atoms with E-state index in [2.05, 4.69) is 10.6 Å². The van der Waals surface area contributed by atoms with Crippen molar-refractivity contribution >= 4 is 6.03 Å². The molecule has 0 spiro atoms. The number of aliphatic hydroxyl groups is 1. The second-order valence-electron chi connectivity index (χ2n) is 5.74. The first-order valence-corrected chi connectivity index (χ1v) is 7.45. The Morgan fingerprint density at radius 1 is 1.32 bits per heavy atom. The molecule has 1 aromatic carbocycles. The molecule has 1 aromatic rings. The van der Waals surface area contributed by atoms with Crippen LogP contribution in [0.25, 0.3) is 0 Å². The van der Waals surface area contributed by atoms with E-state index < -0.39 is 17.4 Å². The second-order valence-corrected chi connectivity index (χ2v) is 5.74. The molecular formula is C16H20FN3O2. The molecule has 0 bridgehead atoms. The van der Waals surface area contributed by atoms with Crippen molar-refractivity contribution in [3.8, 4) is 6.07 Å². The van der Waals surface area contributed by atoms with Gasteiger partial charge in [0.2, 0.25) is 0 Å². The quantitative estimate of drug-likeness (QED) is 0.797. The summed E-state index contributed by atoms with van der Waals surface area (Å²) in [4.78, 5) is 11.7. The van der Waals surface area contributed by atoms with E-state index in [1.54, 1.807) is 0 Å². The van der Waals surface area contributed by atoms with E-state index in [-0.39, 0.29) is 18.7 Å². The summed E-state index contributed by atoms with van der Waals surface area (Å²) < 4.78 is 13.7. The van der Waals surface area contributed by atoms with Crippen LogP contribution in [0.15, 0.2) is 18.2 Å². The Hall–Kier alpha value is -2.13. The van der Waals surface area contributed by atoms with Gasteiger partial charge in [-0.15, -0.1) is 0 Å². The van der Waals surface area contributed by atoms with Gasteiger partial charge in [-0.05, 0) is 25.0 Å². The lowest BCUT2D eigenvalue weighted by Gasteiger charge is -2.32. The van der Waals surface area contributed by atoms with Gasteiger partial charge in [-0.3, -0.25) is 0 Å². The predicted molar refractivity (Wildman–Crippen MR) is 79.4 cm³/mol. The Bertz CT molecular complexity index is 577. The predicted octanol–water partition coefficient (Wildman–Crippen LogP) is 2.19. The largest absolute Gasteiger partial charge is 0.388 e. The second kappa shape index (κ2) is 7.23. The van der Waals surface area contributed by atoms with Gasteiger partial charge in [0.15, 0.2) is 0 Å². The molecule has 6 heteroatoms. The normalized spacial score (nSPS) is 16.6. The summed E-state index contributed by atoms with van der Waals surface area (Å²) in [6.45, 7) is 0.233. The third kappa shape index (κ3) is 4.43. The van der Waals surface area contributed by atoms with Crippen LogP contribution in [-0.4, -0.2) is 23.3 Å². The van der Waals surface area contributed by atoms with Crippen LogP contribution < -0.4 is 10.6 Å². The summed E-state index contributed by atoms with van der Waals surface area (Å²) in [6.07, 6.45) is 4.44. The number of hydrogen-bond donors (Lipinski definition) is 3. The van der Waals surface area contributed by atoms with Gasteiger partial charge >= 0.3 is 6.03 Å². The van der Waals surface area contributed by atoms with Crippen molar-refractivity contribution in [1.82, 2.24) is 10.6 Å². The molecule has 1 aliphatic rings. The number of nitrogens with one attached hydrogen (secondary N) is 2. The van der Waals surface area contributed by atoms with Crippen molar-refractivity contribution in [1.29, 1.82) is 5.26 Å². The summed E-state index contributed by atoms with van der Waals surface area (Å²) >= 11 is 0. The van der Waals surface area contributed by atoms with E-state index in [1.165, 1.54) is 12.1 Å². The molecule has 0 aliphatic heterocycles. The molecule has 22 heavy (non-hydrogen) atoms. The molecular weight excluding hydrogens is 285 g/mol. The highest BCUT2D eigenvalue weighted by atomic mass is 19.1. The fourth-order valence-electron chi connectivity index (χ4n) is 2.63. The van der Waals surface area contributed by atoms with E-state index in [0.29, 0.717) is 18.4 Å². The Kier molecular flexibility index (Phi) is 5.34. The molecule has 2 rings (SSSR count). The summed E-state index contributed by atoms with van der Waals surface area (Å²) in [5.41, 5.74) is -0.273. The van der Waals surface area contributed by atoms with Crippen LogP contribution in [-0.2, 0) is 6.54 Å². The topological polar surface area (TPSA) is 85.2 Å². The Balaban J connectivity index is 1.79. The van der Waals surface area contributed by atoms with Crippen LogP contribution in [0.4, 0.5) is 9.18 Å². The summed E-state index contributed by atoms with van der Waals surface area (Å²) in [5.74, 6) is -0.523. The average molecular weight is 305 g/mol. The highest BCUT2D eigenvalue weighted by Gasteiger charge is 2.29. The maximum atomic E-state index is 13.7. The molecule has 0 saturated heterocycles. The zero-order chi connectivity index (χ0) is 16.0. The Morgan fingerprint density at radius 3 is 2.68 bits per heavy atom. The van der Waals surface area contributed by atoms with E-state index in [9.17, 15) is 14.3 Å². The van der Waals surface area contributed by atoms with Crippen molar-refractivity contribution in [3.05, 3.63) is 35.1 Å². The minimum atomic E-state index is -0.824. The number of urea groups is 1. The minimum Gasteiger partial charge on any atom is -0.388 e. The SMILES string of the molecule is N#Cc1ccc(CNC(=O)NCC2(O)CCCCC2)c(F)c1. The van der Waals surface area contributed by atoms with Crippen molar-refractivity contribution in [3.63, 3.8) is 0 Å². The third-order valence-corrected chi connectivity index (χ3v) is 3.98. The number of carbonyl (C=O) groups is 1. The molecule has 0 radical (unpaired) electrons. The molecule has 2 amide bonds. The number of rotatable bonds is 4. The summed E-state index contributed by atoms with van der Waals surface area (Å²) in [6, 6.07) is 5.53. The monoisotopic (exact) mass is 305 g/mol. The van der Waals surface area contributed by atoms with Crippen molar-refractivity contribution in [2.75, 3.05) is 6.54 Å². The third-order valence-electron chi connectivity index (χ3n) is 3.98. The van der Waals surface area contributed by atoms with E-state index >= 15 is 0 Å². The lowest BCUT2D eigenvalue weighted by molar-refractivity contribution is 0.00719. The first-order valence-electron chi connectivity index (χ1n) is 7.45. The molecule has 1 saturated carbocycles. The molecule has 118 valence electrons. The van der Waals surface area contributed by atoms with Crippen LogP contribution in [0.5, 0.6) is 0 Å². The number of hydrogen-bond acceptors (Lipinski definition) is 3. The molecule has 1 fully saturated rings. The van der Waals surface area contributed by atoms with E-state index in [0.717, 1.165) is 25.3 Å². The highest BCUT2D eigenvalue weighted by molar-refractivity contribution is 5.73. The van der Waals surface area contributed by atoms with Crippen molar-refractivity contribution < 1.29 is 14.3 Å². The van der Waals surface area contributed by atoms with Gasteiger partial charge in [0.25, 0.3) is 0 Å². The number of benzene rings is 1. The van der Waals surface area contributed by atoms with Gasteiger partial charge in [-0.25, -0.2) is 9.18 Å². The number of nitriles is 1. The number of amides is 2. The van der Waals surface area contributed by atoms with Crippen LogP contribution in [0.3, 0.4) is 0 Å². The molecule has 0 heterocycles. The first-order chi connectivity index (χ1) is 10.5. The van der Waals surface area contributed by atoms with Gasteiger partial charge in [0.1, 0.15) is 5.82 Å². The number of halogens is 1. The van der Waals surface area contributed by atoms with Crippen LogP contribution >= 0.6 is 0 Å². The van der Waals surface area contributed by atoms with Crippen LogP contribution in [0.1, 0.15) is 43.2 Å². The standard InChI is InChI=1S/C16H20FN3O2/c17-14-8-12(9-18)4-5-13(14)10-19-15(21)20-11-16(22)6-2-1-3-7-16/h4-5,8,22H,1-3,6-7,10-11H2,(H2,19,20,21). The van der Waals surface area contributed by atoms with Gasteiger partial charge in [0.05, 0.1) is 17.2 Å². The first kappa shape index (κ1) is 16.2. The highest BCUT2D eigenvalue weighted by Crippen LogP contribution is 2.27. The molecule has 3 N–H and O–H groups in total. The number of carbonyl (C=O) groups excluding carboxylic acids is 1. The van der Waals surface area contributed by atoms with Gasteiger partial charge in [-0.1, -0.05) is 25.3 Å². The average Bonchev–Trinajstić information content (AvgIpc) is 2.52.